The lowest BCUT2D eigenvalue weighted by Crippen LogP contribution is -2.15. The molecule has 0 fully saturated rings. The number of methoxy groups -OCH3 is 3. The van der Waals surface area contributed by atoms with Crippen molar-refractivity contribution in [1.82, 2.24) is 0 Å². The van der Waals surface area contributed by atoms with Gasteiger partial charge in [-0.25, -0.2) is 0 Å². The zero-order valence-electron chi connectivity index (χ0n) is 11.6. The molecule has 1 aromatic rings. The van der Waals surface area contributed by atoms with E-state index in [0.717, 1.165) is 29.9 Å². The Hall–Kier alpha value is -1.26. The van der Waals surface area contributed by atoms with Crippen LogP contribution in [0.15, 0.2) is 18.2 Å². The van der Waals surface area contributed by atoms with Gasteiger partial charge in [-0.1, -0.05) is 6.07 Å². The smallest absolute Gasteiger partial charge is 0.127 e. The molecule has 0 aliphatic heterocycles. The monoisotopic (exact) mass is 253 g/mol. The van der Waals surface area contributed by atoms with Crippen LogP contribution >= 0.6 is 0 Å². The molecule has 0 spiro atoms. The SMILES string of the molecule is COc1ccc(C(N)CCC(C)OC)c(OC)c1. The summed E-state index contributed by atoms with van der Waals surface area (Å²) in [5, 5.41) is 0. The normalized spacial score (nSPS) is 14.1. The van der Waals surface area contributed by atoms with Gasteiger partial charge in [0.2, 0.25) is 0 Å². The van der Waals surface area contributed by atoms with E-state index in [1.165, 1.54) is 0 Å². The van der Waals surface area contributed by atoms with Gasteiger partial charge in [0.1, 0.15) is 11.5 Å². The number of hydrogen-bond acceptors (Lipinski definition) is 4. The predicted octanol–water partition coefficient (Wildman–Crippen LogP) is 2.52. The van der Waals surface area contributed by atoms with Crippen LogP contribution in [0.25, 0.3) is 0 Å². The minimum absolute atomic E-state index is 0.0524. The molecule has 0 heterocycles. The van der Waals surface area contributed by atoms with Gasteiger partial charge in [0, 0.05) is 24.8 Å². The van der Waals surface area contributed by atoms with Crippen molar-refractivity contribution in [3.05, 3.63) is 23.8 Å². The summed E-state index contributed by atoms with van der Waals surface area (Å²) < 4.78 is 15.7. The van der Waals surface area contributed by atoms with E-state index in [1.54, 1.807) is 21.3 Å². The van der Waals surface area contributed by atoms with Crippen molar-refractivity contribution >= 4 is 0 Å². The molecule has 0 aromatic heterocycles. The summed E-state index contributed by atoms with van der Waals surface area (Å²) in [4.78, 5) is 0. The average molecular weight is 253 g/mol. The first kappa shape index (κ1) is 14.8. The fourth-order valence-corrected chi connectivity index (χ4v) is 1.81. The molecule has 1 aromatic carbocycles. The molecule has 1 rings (SSSR count). The molecule has 0 saturated carbocycles. The lowest BCUT2D eigenvalue weighted by atomic mass is 10.00. The highest BCUT2D eigenvalue weighted by atomic mass is 16.5. The Bertz CT molecular complexity index is 368. The van der Waals surface area contributed by atoms with Crippen LogP contribution in [0.1, 0.15) is 31.4 Å². The van der Waals surface area contributed by atoms with E-state index in [4.69, 9.17) is 19.9 Å². The molecule has 0 aliphatic rings. The summed E-state index contributed by atoms with van der Waals surface area (Å²) in [7, 11) is 4.99. The van der Waals surface area contributed by atoms with Gasteiger partial charge in [0.05, 0.1) is 20.3 Å². The number of benzene rings is 1. The van der Waals surface area contributed by atoms with Crippen molar-refractivity contribution in [3.8, 4) is 11.5 Å². The van der Waals surface area contributed by atoms with Gasteiger partial charge in [0.15, 0.2) is 0 Å². The van der Waals surface area contributed by atoms with Crippen LogP contribution in [0.4, 0.5) is 0 Å². The number of rotatable bonds is 7. The van der Waals surface area contributed by atoms with Crippen LogP contribution in [-0.4, -0.2) is 27.4 Å². The van der Waals surface area contributed by atoms with E-state index < -0.39 is 0 Å². The number of nitrogens with two attached hydrogens (primary N) is 1. The quantitative estimate of drug-likeness (QED) is 0.811. The highest BCUT2D eigenvalue weighted by molar-refractivity contribution is 5.42. The van der Waals surface area contributed by atoms with Crippen molar-refractivity contribution in [1.29, 1.82) is 0 Å². The Kier molecular flexibility index (Phi) is 5.95. The van der Waals surface area contributed by atoms with Crippen molar-refractivity contribution < 1.29 is 14.2 Å². The van der Waals surface area contributed by atoms with Gasteiger partial charge in [-0.2, -0.15) is 0 Å². The summed E-state index contributed by atoms with van der Waals surface area (Å²) in [5.74, 6) is 1.54. The topological polar surface area (TPSA) is 53.7 Å². The molecule has 0 radical (unpaired) electrons. The largest absolute Gasteiger partial charge is 0.497 e. The van der Waals surface area contributed by atoms with Crippen molar-refractivity contribution in [3.63, 3.8) is 0 Å². The second kappa shape index (κ2) is 7.24. The lowest BCUT2D eigenvalue weighted by Gasteiger charge is -2.18. The third kappa shape index (κ3) is 3.89. The molecule has 0 bridgehead atoms. The highest BCUT2D eigenvalue weighted by Crippen LogP contribution is 2.30. The fourth-order valence-electron chi connectivity index (χ4n) is 1.81. The third-order valence-electron chi connectivity index (χ3n) is 3.13. The van der Waals surface area contributed by atoms with Crippen molar-refractivity contribution in [2.45, 2.75) is 31.9 Å². The third-order valence-corrected chi connectivity index (χ3v) is 3.13. The number of ether oxygens (including phenoxy) is 3. The van der Waals surface area contributed by atoms with Gasteiger partial charge in [0.25, 0.3) is 0 Å². The first-order valence-electron chi connectivity index (χ1n) is 6.12. The van der Waals surface area contributed by atoms with Crippen molar-refractivity contribution in [2.24, 2.45) is 5.73 Å². The fraction of sp³-hybridized carbons (Fsp3) is 0.571. The van der Waals surface area contributed by atoms with Crippen LogP contribution in [0.3, 0.4) is 0 Å². The minimum atomic E-state index is -0.0524. The average Bonchev–Trinajstić information content (AvgIpc) is 2.43. The maximum atomic E-state index is 6.19. The van der Waals surface area contributed by atoms with E-state index in [9.17, 15) is 0 Å². The summed E-state index contributed by atoms with van der Waals surface area (Å²) in [5.41, 5.74) is 7.19. The minimum Gasteiger partial charge on any atom is -0.497 e. The van der Waals surface area contributed by atoms with E-state index in [0.29, 0.717) is 0 Å². The molecule has 0 amide bonds. The van der Waals surface area contributed by atoms with Crippen molar-refractivity contribution in [2.75, 3.05) is 21.3 Å². The summed E-state index contributed by atoms with van der Waals surface area (Å²) in [6.45, 7) is 2.04. The summed E-state index contributed by atoms with van der Waals surface area (Å²) >= 11 is 0. The molecule has 102 valence electrons. The zero-order valence-corrected chi connectivity index (χ0v) is 11.6. The Balaban J connectivity index is 2.75. The zero-order chi connectivity index (χ0) is 13.5. The molecule has 0 aliphatic carbocycles. The Morgan fingerprint density at radius 3 is 2.39 bits per heavy atom. The second-order valence-electron chi connectivity index (χ2n) is 4.34. The molecule has 4 nitrogen and oxygen atoms in total. The van der Waals surface area contributed by atoms with Crippen LogP contribution in [-0.2, 0) is 4.74 Å². The van der Waals surface area contributed by atoms with Crippen LogP contribution in [0.2, 0.25) is 0 Å². The predicted molar refractivity (Wildman–Crippen MR) is 72.2 cm³/mol. The van der Waals surface area contributed by atoms with Gasteiger partial charge >= 0.3 is 0 Å². The van der Waals surface area contributed by atoms with Crippen LogP contribution < -0.4 is 15.2 Å². The molecule has 0 saturated heterocycles. The van der Waals surface area contributed by atoms with E-state index in [-0.39, 0.29) is 12.1 Å². The van der Waals surface area contributed by atoms with E-state index >= 15 is 0 Å². The maximum Gasteiger partial charge on any atom is 0.127 e. The first-order valence-corrected chi connectivity index (χ1v) is 6.12. The maximum absolute atomic E-state index is 6.19. The highest BCUT2D eigenvalue weighted by Gasteiger charge is 2.14. The van der Waals surface area contributed by atoms with Gasteiger partial charge in [-0.05, 0) is 25.8 Å². The summed E-state index contributed by atoms with van der Waals surface area (Å²) in [6.07, 6.45) is 2.00. The molecule has 2 N–H and O–H groups in total. The van der Waals surface area contributed by atoms with Gasteiger partial charge in [-0.15, -0.1) is 0 Å². The van der Waals surface area contributed by atoms with Crippen LogP contribution in [0.5, 0.6) is 11.5 Å². The van der Waals surface area contributed by atoms with Crippen LogP contribution in [0, 0.1) is 0 Å². The lowest BCUT2D eigenvalue weighted by molar-refractivity contribution is 0.107. The van der Waals surface area contributed by atoms with Gasteiger partial charge < -0.3 is 19.9 Å². The Morgan fingerprint density at radius 1 is 1.11 bits per heavy atom. The second-order valence-corrected chi connectivity index (χ2v) is 4.34. The Labute approximate surface area is 109 Å². The molecule has 18 heavy (non-hydrogen) atoms. The Morgan fingerprint density at radius 2 is 1.83 bits per heavy atom. The molecule has 2 atom stereocenters. The molecule has 2 unspecified atom stereocenters. The molecule has 4 heteroatoms. The van der Waals surface area contributed by atoms with E-state index in [1.807, 2.05) is 25.1 Å². The number of hydrogen-bond donors (Lipinski definition) is 1. The van der Waals surface area contributed by atoms with Gasteiger partial charge in [-0.3, -0.25) is 0 Å². The standard InChI is InChI=1S/C14H23NO3/c1-10(16-2)5-8-13(15)12-7-6-11(17-3)9-14(12)18-4/h6-7,9-10,13H,5,8,15H2,1-4H3. The molecular weight excluding hydrogens is 230 g/mol. The summed E-state index contributed by atoms with van der Waals surface area (Å²) in [6, 6.07) is 5.66. The molecular formula is C14H23NO3. The first-order chi connectivity index (χ1) is 8.62. The van der Waals surface area contributed by atoms with E-state index in [2.05, 4.69) is 0 Å².